The van der Waals surface area contributed by atoms with Crippen molar-refractivity contribution >= 4 is 27.6 Å². The zero-order valence-corrected chi connectivity index (χ0v) is 12.4. The van der Waals surface area contributed by atoms with Gasteiger partial charge in [0.25, 0.3) is 0 Å². The molecule has 3 N–H and O–H groups in total. The van der Waals surface area contributed by atoms with Crippen LogP contribution in [0, 0.1) is 0 Å². The van der Waals surface area contributed by atoms with E-state index in [4.69, 9.17) is 10.5 Å². The molecule has 1 fully saturated rings. The van der Waals surface area contributed by atoms with Crippen LogP contribution in [0.15, 0.2) is 22.7 Å². The first kappa shape index (κ1) is 14.3. The van der Waals surface area contributed by atoms with Gasteiger partial charge in [-0.15, -0.1) is 0 Å². The molecule has 0 aliphatic carbocycles. The normalized spacial score (nSPS) is 27.2. The topological polar surface area (TPSA) is 72.5 Å². The van der Waals surface area contributed by atoms with Gasteiger partial charge >= 0.3 is 5.97 Å². The summed E-state index contributed by atoms with van der Waals surface area (Å²) in [5.74, 6) is -0.820. The lowest BCUT2D eigenvalue weighted by molar-refractivity contribution is -0.150. The van der Waals surface area contributed by atoms with E-state index in [1.54, 1.807) is 6.07 Å². The zero-order chi connectivity index (χ0) is 14.0. The van der Waals surface area contributed by atoms with Crippen molar-refractivity contribution in [2.24, 2.45) is 0 Å². The molecule has 0 bridgehead atoms. The Morgan fingerprint density at radius 2 is 2.37 bits per heavy atom. The average molecular weight is 328 g/mol. The Morgan fingerprint density at radius 3 is 3.00 bits per heavy atom. The fourth-order valence-electron chi connectivity index (χ4n) is 2.71. The van der Waals surface area contributed by atoms with Crippen molar-refractivity contribution in [3.8, 4) is 0 Å². The molecule has 4 nitrogen and oxygen atoms in total. The number of nitrogens with two attached hydrogens (primary N) is 1. The lowest BCUT2D eigenvalue weighted by atomic mass is 9.71. The largest absolute Gasteiger partial charge is 0.481 e. The van der Waals surface area contributed by atoms with Gasteiger partial charge in [0, 0.05) is 16.8 Å². The molecule has 2 unspecified atom stereocenters. The number of hydrogen-bond donors (Lipinski definition) is 2. The van der Waals surface area contributed by atoms with Gasteiger partial charge < -0.3 is 15.6 Å². The van der Waals surface area contributed by atoms with Crippen molar-refractivity contribution in [3.63, 3.8) is 0 Å². The number of hydrogen-bond acceptors (Lipinski definition) is 3. The van der Waals surface area contributed by atoms with Crippen LogP contribution >= 0.6 is 15.9 Å². The van der Waals surface area contributed by atoms with Crippen molar-refractivity contribution in [1.29, 1.82) is 0 Å². The first-order chi connectivity index (χ1) is 8.99. The summed E-state index contributed by atoms with van der Waals surface area (Å²) in [6, 6.07) is 5.40. The summed E-state index contributed by atoms with van der Waals surface area (Å²) in [4.78, 5) is 11.9. The molecule has 2 atom stereocenters. The van der Waals surface area contributed by atoms with Gasteiger partial charge in [0.2, 0.25) is 0 Å². The Kier molecular flexibility index (Phi) is 4.16. The molecule has 2 rings (SSSR count). The van der Waals surface area contributed by atoms with E-state index in [1.807, 2.05) is 19.1 Å². The molecule has 0 spiro atoms. The number of anilines is 1. The van der Waals surface area contributed by atoms with Crippen LogP contribution in [-0.2, 0) is 14.9 Å². The molecule has 19 heavy (non-hydrogen) atoms. The fourth-order valence-corrected chi connectivity index (χ4v) is 3.07. The molecular weight excluding hydrogens is 310 g/mol. The summed E-state index contributed by atoms with van der Waals surface area (Å²) >= 11 is 3.39. The van der Waals surface area contributed by atoms with Gasteiger partial charge in [-0.3, -0.25) is 4.79 Å². The van der Waals surface area contributed by atoms with E-state index in [9.17, 15) is 9.90 Å². The number of rotatable bonds is 3. The summed E-state index contributed by atoms with van der Waals surface area (Å²) in [7, 11) is 0. The van der Waals surface area contributed by atoms with Gasteiger partial charge in [0.05, 0.1) is 11.5 Å². The second kappa shape index (κ2) is 5.51. The van der Waals surface area contributed by atoms with E-state index in [0.29, 0.717) is 30.7 Å². The zero-order valence-electron chi connectivity index (χ0n) is 10.9. The predicted octanol–water partition coefficient (Wildman–Crippen LogP) is 2.94. The summed E-state index contributed by atoms with van der Waals surface area (Å²) < 4.78 is 6.45. The number of nitrogen functional groups attached to an aromatic ring is 1. The lowest BCUT2D eigenvalue weighted by Crippen LogP contribution is -2.45. The number of carboxylic acids is 1. The molecule has 5 heteroatoms. The molecular formula is C14H18BrNO3. The summed E-state index contributed by atoms with van der Waals surface area (Å²) in [5, 5.41) is 9.74. The number of ether oxygens (including phenoxy) is 1. The van der Waals surface area contributed by atoms with E-state index in [0.717, 1.165) is 10.9 Å². The van der Waals surface area contributed by atoms with E-state index < -0.39 is 11.4 Å². The van der Waals surface area contributed by atoms with Crippen molar-refractivity contribution in [3.05, 3.63) is 28.2 Å². The van der Waals surface area contributed by atoms with Crippen molar-refractivity contribution < 1.29 is 14.6 Å². The number of halogens is 1. The highest BCUT2D eigenvalue weighted by Gasteiger charge is 2.45. The Balaban J connectivity index is 2.50. The molecule has 0 saturated carbocycles. The molecule has 1 aromatic rings. The Bertz CT molecular complexity index is 492. The van der Waals surface area contributed by atoms with Crippen LogP contribution in [0.3, 0.4) is 0 Å². The molecule has 1 heterocycles. The Hall–Kier alpha value is -1.07. The second-order valence-electron chi connectivity index (χ2n) is 4.97. The van der Waals surface area contributed by atoms with Crippen molar-refractivity contribution in [1.82, 2.24) is 0 Å². The first-order valence-corrected chi connectivity index (χ1v) is 7.19. The minimum Gasteiger partial charge on any atom is -0.481 e. The highest BCUT2D eigenvalue weighted by molar-refractivity contribution is 9.10. The molecule has 104 valence electrons. The number of benzene rings is 1. The van der Waals surface area contributed by atoms with Crippen LogP contribution in [0.2, 0.25) is 0 Å². The van der Waals surface area contributed by atoms with Gasteiger partial charge in [-0.1, -0.05) is 22.9 Å². The Morgan fingerprint density at radius 1 is 1.63 bits per heavy atom. The van der Waals surface area contributed by atoms with E-state index >= 15 is 0 Å². The molecule has 0 radical (unpaired) electrons. The van der Waals surface area contributed by atoms with Gasteiger partial charge in [-0.05, 0) is 43.0 Å². The Labute approximate surface area is 121 Å². The standard InChI is InChI=1S/C14H18BrNO3/c1-2-10-8-14(13(17)18,5-6-19-10)11-7-9(15)3-4-12(11)16/h3-4,7,10H,2,5-6,8,16H2,1H3,(H,17,18). The van der Waals surface area contributed by atoms with E-state index in [1.165, 1.54) is 0 Å². The van der Waals surface area contributed by atoms with Crippen LogP contribution in [0.1, 0.15) is 31.7 Å². The number of aliphatic carboxylic acids is 1. The van der Waals surface area contributed by atoms with Gasteiger partial charge in [-0.25, -0.2) is 0 Å². The van der Waals surface area contributed by atoms with E-state index in [2.05, 4.69) is 15.9 Å². The predicted molar refractivity (Wildman–Crippen MR) is 77.1 cm³/mol. The SMILES string of the molecule is CCC1CC(C(=O)O)(c2cc(Br)ccc2N)CCO1. The third-order valence-electron chi connectivity index (χ3n) is 3.85. The van der Waals surface area contributed by atoms with E-state index in [-0.39, 0.29) is 6.10 Å². The summed E-state index contributed by atoms with van der Waals surface area (Å²) in [6.07, 6.45) is 1.71. The second-order valence-corrected chi connectivity index (χ2v) is 5.89. The highest BCUT2D eigenvalue weighted by Crippen LogP contribution is 2.41. The fraction of sp³-hybridized carbons (Fsp3) is 0.500. The summed E-state index contributed by atoms with van der Waals surface area (Å²) in [5.41, 5.74) is 6.29. The monoisotopic (exact) mass is 327 g/mol. The summed E-state index contributed by atoms with van der Waals surface area (Å²) in [6.45, 7) is 2.46. The maximum Gasteiger partial charge on any atom is 0.314 e. The van der Waals surface area contributed by atoms with Crippen LogP contribution in [0.4, 0.5) is 5.69 Å². The molecule has 0 aromatic heterocycles. The molecule has 1 aromatic carbocycles. The molecule has 1 aliphatic rings. The smallest absolute Gasteiger partial charge is 0.314 e. The molecule has 0 amide bonds. The molecule has 1 aliphatic heterocycles. The average Bonchev–Trinajstić information content (AvgIpc) is 2.41. The number of carbonyl (C=O) groups is 1. The maximum absolute atomic E-state index is 11.9. The lowest BCUT2D eigenvalue weighted by Gasteiger charge is -2.38. The quantitative estimate of drug-likeness (QED) is 0.837. The third-order valence-corrected chi connectivity index (χ3v) is 4.35. The minimum atomic E-state index is -0.938. The van der Waals surface area contributed by atoms with Gasteiger partial charge in [0.1, 0.15) is 0 Å². The first-order valence-electron chi connectivity index (χ1n) is 6.40. The van der Waals surface area contributed by atoms with Crippen LogP contribution in [-0.4, -0.2) is 23.8 Å². The minimum absolute atomic E-state index is 0.0248. The van der Waals surface area contributed by atoms with Gasteiger partial charge in [-0.2, -0.15) is 0 Å². The van der Waals surface area contributed by atoms with Crippen molar-refractivity contribution in [2.75, 3.05) is 12.3 Å². The highest BCUT2D eigenvalue weighted by atomic mass is 79.9. The third kappa shape index (κ3) is 2.62. The maximum atomic E-state index is 11.9. The van der Waals surface area contributed by atoms with Crippen LogP contribution < -0.4 is 5.73 Å². The van der Waals surface area contributed by atoms with Crippen molar-refractivity contribution in [2.45, 2.75) is 37.7 Å². The number of carboxylic acid groups (broad SMARTS) is 1. The van der Waals surface area contributed by atoms with Gasteiger partial charge in [0.15, 0.2) is 0 Å². The van der Waals surface area contributed by atoms with Crippen LogP contribution in [0.5, 0.6) is 0 Å². The van der Waals surface area contributed by atoms with Crippen LogP contribution in [0.25, 0.3) is 0 Å². The molecule has 1 saturated heterocycles.